The minimum atomic E-state index is 0.447. The SMILES string of the molecule is CC(C)c1cccc(C(C)C)c1-n1c[n+](-c2ccccn2)c2ccccc21. The Labute approximate surface area is 160 Å². The third-order valence-corrected chi connectivity index (χ3v) is 5.11. The minimum Gasteiger partial charge on any atom is -0.228 e. The molecule has 0 N–H and O–H groups in total. The van der Waals surface area contributed by atoms with Gasteiger partial charge in [-0.05, 0) is 41.2 Å². The Morgan fingerprint density at radius 1 is 0.778 bits per heavy atom. The Morgan fingerprint density at radius 2 is 1.44 bits per heavy atom. The van der Waals surface area contributed by atoms with Crippen molar-refractivity contribution in [1.29, 1.82) is 0 Å². The van der Waals surface area contributed by atoms with Crippen LogP contribution >= 0.6 is 0 Å². The zero-order chi connectivity index (χ0) is 19.0. The van der Waals surface area contributed by atoms with Crippen LogP contribution in [0.25, 0.3) is 22.5 Å². The lowest BCUT2D eigenvalue weighted by Crippen LogP contribution is -2.30. The molecule has 136 valence electrons. The fourth-order valence-electron chi connectivity index (χ4n) is 3.76. The lowest BCUT2D eigenvalue weighted by molar-refractivity contribution is -0.571. The maximum absolute atomic E-state index is 4.57. The highest BCUT2D eigenvalue weighted by molar-refractivity contribution is 5.75. The second-order valence-electron chi connectivity index (χ2n) is 7.63. The van der Waals surface area contributed by atoms with Gasteiger partial charge in [0.15, 0.2) is 0 Å². The molecule has 0 atom stereocenters. The van der Waals surface area contributed by atoms with Crippen molar-refractivity contribution in [2.45, 2.75) is 39.5 Å². The zero-order valence-corrected chi connectivity index (χ0v) is 16.4. The molecule has 0 aliphatic carbocycles. The molecule has 4 aromatic rings. The number of para-hydroxylation sites is 3. The second kappa shape index (κ2) is 6.99. The minimum absolute atomic E-state index is 0.447. The molecule has 3 heteroatoms. The van der Waals surface area contributed by atoms with Crippen LogP contribution < -0.4 is 4.57 Å². The van der Waals surface area contributed by atoms with Gasteiger partial charge in [-0.3, -0.25) is 0 Å². The number of pyridine rings is 1. The standard InChI is InChI=1S/C24H26N3/c1-17(2)19-10-9-11-20(18(3)4)24(19)27-16-26(23-14-7-8-15-25-23)21-12-5-6-13-22(21)27/h5-18H,1-4H3/q+1. The molecular formula is C24H26N3+. The summed E-state index contributed by atoms with van der Waals surface area (Å²) >= 11 is 0. The van der Waals surface area contributed by atoms with E-state index in [9.17, 15) is 0 Å². The third-order valence-electron chi connectivity index (χ3n) is 5.11. The van der Waals surface area contributed by atoms with E-state index in [0.29, 0.717) is 11.8 Å². The first-order valence-electron chi connectivity index (χ1n) is 9.64. The lowest BCUT2D eigenvalue weighted by atomic mass is 9.92. The Hall–Kier alpha value is -2.94. The smallest absolute Gasteiger partial charge is 0.228 e. The van der Waals surface area contributed by atoms with E-state index in [1.165, 1.54) is 22.3 Å². The zero-order valence-electron chi connectivity index (χ0n) is 16.4. The first kappa shape index (κ1) is 17.5. The van der Waals surface area contributed by atoms with Crippen LogP contribution in [0.3, 0.4) is 0 Å². The van der Waals surface area contributed by atoms with Gasteiger partial charge in [-0.15, -0.1) is 4.98 Å². The van der Waals surface area contributed by atoms with Gasteiger partial charge in [0.05, 0.1) is 0 Å². The molecule has 27 heavy (non-hydrogen) atoms. The molecule has 4 rings (SSSR count). The van der Waals surface area contributed by atoms with Crippen molar-refractivity contribution in [3.8, 4) is 11.5 Å². The van der Waals surface area contributed by atoms with Gasteiger partial charge in [-0.25, -0.2) is 4.57 Å². The molecule has 0 aliphatic heterocycles. The van der Waals surface area contributed by atoms with Crippen molar-refractivity contribution < 1.29 is 4.57 Å². The van der Waals surface area contributed by atoms with E-state index < -0.39 is 0 Å². The number of fused-ring (bicyclic) bond motifs is 1. The van der Waals surface area contributed by atoms with Crippen LogP contribution in [0.5, 0.6) is 0 Å². The molecule has 2 aromatic heterocycles. The van der Waals surface area contributed by atoms with Gasteiger partial charge in [-0.1, -0.05) is 64.1 Å². The summed E-state index contributed by atoms with van der Waals surface area (Å²) in [5.74, 6) is 1.83. The Balaban J connectivity index is 2.07. The van der Waals surface area contributed by atoms with Crippen LogP contribution in [0.1, 0.15) is 50.7 Å². The summed E-state index contributed by atoms with van der Waals surface area (Å²) in [6, 6.07) is 21.3. The largest absolute Gasteiger partial charge is 0.267 e. The Bertz CT molecular complexity index is 1050. The molecule has 2 heterocycles. The van der Waals surface area contributed by atoms with Crippen molar-refractivity contribution in [1.82, 2.24) is 9.55 Å². The van der Waals surface area contributed by atoms with Crippen LogP contribution in [0.2, 0.25) is 0 Å². The van der Waals surface area contributed by atoms with Crippen molar-refractivity contribution in [3.63, 3.8) is 0 Å². The summed E-state index contributed by atoms with van der Waals surface area (Å²) in [5, 5.41) is 0. The third kappa shape index (κ3) is 3.03. The summed E-state index contributed by atoms with van der Waals surface area (Å²) in [6.45, 7) is 9.06. The molecule has 0 spiro atoms. The highest BCUT2D eigenvalue weighted by atomic mass is 15.2. The predicted molar refractivity (Wildman–Crippen MR) is 111 cm³/mol. The van der Waals surface area contributed by atoms with E-state index in [1.54, 1.807) is 0 Å². The number of hydrogen-bond donors (Lipinski definition) is 0. The van der Waals surface area contributed by atoms with E-state index in [2.05, 4.69) is 96.7 Å². The van der Waals surface area contributed by atoms with Crippen molar-refractivity contribution >= 4 is 11.0 Å². The molecule has 0 saturated heterocycles. The van der Waals surface area contributed by atoms with E-state index in [0.717, 1.165) is 11.3 Å². The Morgan fingerprint density at radius 3 is 2.07 bits per heavy atom. The summed E-state index contributed by atoms with van der Waals surface area (Å²) in [5.41, 5.74) is 6.39. The molecule has 3 nitrogen and oxygen atoms in total. The average Bonchev–Trinajstić information content (AvgIpc) is 3.07. The van der Waals surface area contributed by atoms with Gasteiger partial charge in [0.1, 0.15) is 22.9 Å². The number of hydrogen-bond acceptors (Lipinski definition) is 1. The number of nitrogens with zero attached hydrogens (tertiary/aromatic N) is 3. The van der Waals surface area contributed by atoms with Gasteiger partial charge in [-0.2, -0.15) is 4.57 Å². The van der Waals surface area contributed by atoms with Gasteiger partial charge in [0.25, 0.3) is 5.82 Å². The quantitative estimate of drug-likeness (QED) is 0.439. The molecule has 0 fully saturated rings. The monoisotopic (exact) mass is 356 g/mol. The van der Waals surface area contributed by atoms with Crippen LogP contribution in [0.4, 0.5) is 0 Å². The number of aromatic nitrogens is 3. The van der Waals surface area contributed by atoms with Gasteiger partial charge < -0.3 is 0 Å². The lowest BCUT2D eigenvalue weighted by Gasteiger charge is -2.18. The molecule has 0 bridgehead atoms. The summed E-state index contributed by atoms with van der Waals surface area (Å²) in [6.07, 6.45) is 4.02. The summed E-state index contributed by atoms with van der Waals surface area (Å²) in [4.78, 5) is 4.57. The van der Waals surface area contributed by atoms with Crippen molar-refractivity contribution in [2.75, 3.05) is 0 Å². The number of benzene rings is 2. The molecule has 0 unspecified atom stereocenters. The predicted octanol–water partition coefficient (Wildman–Crippen LogP) is 5.55. The molecule has 2 aromatic carbocycles. The van der Waals surface area contributed by atoms with Crippen LogP contribution in [-0.4, -0.2) is 9.55 Å². The fourth-order valence-corrected chi connectivity index (χ4v) is 3.76. The summed E-state index contributed by atoms with van der Waals surface area (Å²) in [7, 11) is 0. The van der Waals surface area contributed by atoms with E-state index in [-0.39, 0.29) is 0 Å². The van der Waals surface area contributed by atoms with Gasteiger partial charge in [0.2, 0.25) is 6.33 Å². The maximum atomic E-state index is 4.57. The molecule has 0 saturated carbocycles. The summed E-state index contributed by atoms with van der Waals surface area (Å²) < 4.78 is 4.52. The van der Waals surface area contributed by atoms with Crippen LogP contribution in [0, 0.1) is 0 Å². The van der Waals surface area contributed by atoms with Gasteiger partial charge >= 0.3 is 0 Å². The van der Waals surface area contributed by atoms with Crippen LogP contribution in [0.15, 0.2) is 73.2 Å². The van der Waals surface area contributed by atoms with E-state index >= 15 is 0 Å². The normalized spacial score (nSPS) is 11.6. The van der Waals surface area contributed by atoms with E-state index in [4.69, 9.17) is 0 Å². The topological polar surface area (TPSA) is 21.7 Å². The number of imidazole rings is 1. The van der Waals surface area contributed by atoms with Crippen molar-refractivity contribution in [2.24, 2.45) is 0 Å². The average molecular weight is 356 g/mol. The molecule has 0 radical (unpaired) electrons. The highest BCUT2D eigenvalue weighted by Crippen LogP contribution is 2.32. The maximum Gasteiger partial charge on any atom is 0.267 e. The Kier molecular flexibility index (Phi) is 4.53. The first-order chi connectivity index (χ1) is 13.1. The fraction of sp³-hybridized carbons (Fsp3) is 0.250. The van der Waals surface area contributed by atoms with Crippen LogP contribution in [-0.2, 0) is 0 Å². The van der Waals surface area contributed by atoms with E-state index in [1.807, 2.05) is 18.3 Å². The molecule has 0 aliphatic rings. The highest BCUT2D eigenvalue weighted by Gasteiger charge is 2.23. The van der Waals surface area contributed by atoms with Gasteiger partial charge in [0, 0.05) is 6.07 Å². The number of rotatable bonds is 4. The second-order valence-corrected chi connectivity index (χ2v) is 7.63. The molecule has 0 amide bonds. The van der Waals surface area contributed by atoms with Crippen molar-refractivity contribution in [3.05, 3.63) is 84.3 Å². The first-order valence-corrected chi connectivity index (χ1v) is 9.64. The molecular weight excluding hydrogens is 330 g/mol.